The van der Waals surface area contributed by atoms with E-state index < -0.39 is 17.4 Å². The Morgan fingerprint density at radius 3 is 2.76 bits per heavy atom. The topological polar surface area (TPSA) is 76.7 Å². The third-order valence-corrected chi connectivity index (χ3v) is 6.29. The summed E-state index contributed by atoms with van der Waals surface area (Å²) < 4.78 is 27.7. The predicted molar refractivity (Wildman–Crippen MR) is 96.1 cm³/mol. The first-order chi connectivity index (χ1) is 12.1. The number of pyridine rings is 1. The Labute approximate surface area is 150 Å². The van der Waals surface area contributed by atoms with Crippen molar-refractivity contribution in [3.8, 4) is 9.88 Å². The van der Waals surface area contributed by atoms with Crippen LogP contribution >= 0.6 is 22.7 Å². The highest BCUT2D eigenvalue weighted by Crippen LogP contribution is 2.46. The number of rotatable bonds is 5. The van der Waals surface area contributed by atoms with Crippen LogP contribution in [0.3, 0.4) is 0 Å². The van der Waals surface area contributed by atoms with Crippen molar-refractivity contribution in [3.63, 3.8) is 0 Å². The van der Waals surface area contributed by atoms with Crippen LogP contribution in [0.15, 0.2) is 30.5 Å². The van der Waals surface area contributed by atoms with E-state index in [1.807, 2.05) is 12.1 Å². The molecule has 3 heterocycles. The molecule has 0 unspecified atom stereocenters. The number of halogens is 2. The molecule has 0 bridgehead atoms. The molecule has 0 amide bonds. The molecule has 4 rings (SSSR count). The van der Waals surface area contributed by atoms with Crippen LogP contribution in [0.1, 0.15) is 18.5 Å². The lowest BCUT2D eigenvalue weighted by Gasteiger charge is -2.43. The fraction of sp³-hybridized carbons (Fsp3) is 0.312. The summed E-state index contributed by atoms with van der Waals surface area (Å²) in [5, 5.41) is 13.5. The van der Waals surface area contributed by atoms with Gasteiger partial charge in [0.25, 0.3) is 0 Å². The van der Waals surface area contributed by atoms with Gasteiger partial charge in [0.1, 0.15) is 12.0 Å². The molecular weight excluding hydrogens is 364 g/mol. The van der Waals surface area contributed by atoms with Crippen LogP contribution in [0.25, 0.3) is 9.88 Å². The summed E-state index contributed by atoms with van der Waals surface area (Å²) in [5.41, 5.74) is 5.40. The van der Waals surface area contributed by atoms with E-state index in [4.69, 9.17) is 5.73 Å². The second-order valence-corrected chi connectivity index (χ2v) is 8.18. The summed E-state index contributed by atoms with van der Waals surface area (Å²) in [6.07, 6.45) is 1.11. The minimum Gasteiger partial charge on any atom is -0.391 e. The van der Waals surface area contributed by atoms with Gasteiger partial charge in [0, 0.05) is 18.2 Å². The van der Waals surface area contributed by atoms with Gasteiger partial charge in [-0.2, -0.15) is 0 Å². The number of nitrogens with two attached hydrogens (primary N) is 1. The maximum absolute atomic E-state index is 14.1. The smallest absolute Gasteiger partial charge is 0.206 e. The zero-order valence-corrected chi connectivity index (χ0v) is 14.7. The molecular formula is C16H15F2N5S2. The first-order valence-corrected chi connectivity index (χ1v) is 9.37. The van der Waals surface area contributed by atoms with Gasteiger partial charge < -0.3 is 11.1 Å². The van der Waals surface area contributed by atoms with E-state index in [1.54, 1.807) is 0 Å². The van der Waals surface area contributed by atoms with E-state index in [0.29, 0.717) is 22.4 Å². The number of hydrogen-bond acceptors (Lipinski definition) is 7. The average molecular weight is 379 g/mol. The minimum absolute atomic E-state index is 0.251. The maximum Gasteiger partial charge on any atom is 0.206 e. The highest BCUT2D eigenvalue weighted by atomic mass is 32.1. The van der Waals surface area contributed by atoms with Crippen LogP contribution in [-0.2, 0) is 5.41 Å². The molecule has 1 aliphatic rings. The van der Waals surface area contributed by atoms with Gasteiger partial charge >= 0.3 is 0 Å². The van der Waals surface area contributed by atoms with E-state index in [9.17, 15) is 8.78 Å². The van der Waals surface area contributed by atoms with E-state index >= 15 is 0 Å². The molecule has 0 spiro atoms. The van der Waals surface area contributed by atoms with Crippen molar-refractivity contribution in [2.75, 3.05) is 17.6 Å². The van der Waals surface area contributed by atoms with Gasteiger partial charge in [-0.1, -0.05) is 11.3 Å². The van der Waals surface area contributed by atoms with Gasteiger partial charge in [0.05, 0.1) is 15.6 Å². The summed E-state index contributed by atoms with van der Waals surface area (Å²) in [7, 11) is 0. The molecule has 1 fully saturated rings. The second kappa shape index (κ2) is 6.30. The normalized spacial score (nSPS) is 22.6. The standard InChI is InChI=1S/C16H15F2N5S2/c17-9-6-16(7-9,13-10(18)2-1-5-20-13)8-21-15-23-22-14(25-15)11-3-4-12(19)24-11/h1-5,9H,6-8,19H2,(H,21,23). The van der Waals surface area contributed by atoms with Crippen molar-refractivity contribution < 1.29 is 8.78 Å². The Morgan fingerprint density at radius 1 is 1.24 bits per heavy atom. The van der Waals surface area contributed by atoms with Gasteiger partial charge in [-0.15, -0.1) is 21.5 Å². The second-order valence-electron chi connectivity index (χ2n) is 6.09. The molecule has 9 heteroatoms. The minimum atomic E-state index is -0.928. The molecule has 1 saturated carbocycles. The third-order valence-electron chi connectivity index (χ3n) is 4.33. The fourth-order valence-corrected chi connectivity index (χ4v) is 4.66. The average Bonchev–Trinajstić information content (AvgIpc) is 3.20. The quantitative estimate of drug-likeness (QED) is 0.704. The van der Waals surface area contributed by atoms with Gasteiger partial charge in [-0.3, -0.25) is 4.98 Å². The van der Waals surface area contributed by atoms with E-state index in [2.05, 4.69) is 20.5 Å². The Bertz CT molecular complexity index is 888. The van der Waals surface area contributed by atoms with Crippen molar-refractivity contribution in [1.29, 1.82) is 0 Å². The van der Waals surface area contributed by atoms with Gasteiger partial charge in [-0.25, -0.2) is 8.78 Å². The molecule has 25 heavy (non-hydrogen) atoms. The van der Waals surface area contributed by atoms with Crippen LogP contribution in [0.2, 0.25) is 0 Å². The fourth-order valence-electron chi connectivity index (χ4n) is 3.09. The third kappa shape index (κ3) is 3.09. The van der Waals surface area contributed by atoms with E-state index in [0.717, 1.165) is 9.88 Å². The Morgan fingerprint density at radius 2 is 2.08 bits per heavy atom. The molecule has 3 aromatic rings. The molecule has 5 nitrogen and oxygen atoms in total. The monoisotopic (exact) mass is 379 g/mol. The molecule has 0 aliphatic heterocycles. The van der Waals surface area contributed by atoms with E-state index in [1.165, 1.54) is 41.0 Å². The summed E-state index contributed by atoms with van der Waals surface area (Å²) in [5.74, 6) is -0.400. The molecule has 1 aliphatic carbocycles. The van der Waals surface area contributed by atoms with Gasteiger partial charge in [-0.05, 0) is 37.1 Å². The maximum atomic E-state index is 14.1. The molecule has 0 saturated heterocycles. The number of hydrogen-bond donors (Lipinski definition) is 2. The lowest BCUT2D eigenvalue weighted by molar-refractivity contribution is 0.0965. The van der Waals surface area contributed by atoms with Crippen LogP contribution in [-0.4, -0.2) is 27.9 Å². The molecule has 3 N–H and O–H groups in total. The zero-order chi connectivity index (χ0) is 17.4. The highest BCUT2D eigenvalue weighted by molar-refractivity contribution is 7.25. The zero-order valence-electron chi connectivity index (χ0n) is 13.1. The number of alkyl halides is 1. The van der Waals surface area contributed by atoms with Gasteiger partial charge in [0.15, 0.2) is 5.01 Å². The SMILES string of the molecule is Nc1ccc(-c2nnc(NCC3(c4ncccc4F)CC(F)C3)s2)s1. The lowest BCUT2D eigenvalue weighted by atomic mass is 9.65. The summed E-state index contributed by atoms with van der Waals surface area (Å²) in [6, 6.07) is 6.62. The first kappa shape index (κ1) is 16.3. The van der Waals surface area contributed by atoms with Crippen LogP contribution in [0.4, 0.5) is 18.9 Å². The van der Waals surface area contributed by atoms with Crippen molar-refractivity contribution >= 4 is 32.8 Å². The highest BCUT2D eigenvalue weighted by Gasteiger charge is 2.48. The Kier molecular flexibility index (Phi) is 4.12. The molecule has 0 aromatic carbocycles. The van der Waals surface area contributed by atoms with Crippen LogP contribution in [0.5, 0.6) is 0 Å². The van der Waals surface area contributed by atoms with Crippen molar-refractivity contribution in [2.45, 2.75) is 24.4 Å². The Hall–Kier alpha value is -2.13. The molecule has 130 valence electrons. The molecule has 0 radical (unpaired) electrons. The van der Waals surface area contributed by atoms with E-state index in [-0.39, 0.29) is 12.8 Å². The Balaban J connectivity index is 1.51. The molecule has 0 atom stereocenters. The number of aromatic nitrogens is 3. The largest absolute Gasteiger partial charge is 0.391 e. The lowest BCUT2D eigenvalue weighted by Crippen LogP contribution is -2.48. The number of thiophene rings is 1. The van der Waals surface area contributed by atoms with Crippen LogP contribution < -0.4 is 11.1 Å². The number of nitrogen functional groups attached to an aromatic ring is 1. The number of anilines is 2. The number of nitrogens with zero attached hydrogens (tertiary/aromatic N) is 3. The number of nitrogens with one attached hydrogen (secondary N) is 1. The van der Waals surface area contributed by atoms with Gasteiger partial charge in [0.2, 0.25) is 5.13 Å². The summed E-state index contributed by atoms with van der Waals surface area (Å²) in [6.45, 7) is 0.364. The van der Waals surface area contributed by atoms with Crippen molar-refractivity contribution in [1.82, 2.24) is 15.2 Å². The van der Waals surface area contributed by atoms with Crippen molar-refractivity contribution in [2.24, 2.45) is 0 Å². The summed E-state index contributed by atoms with van der Waals surface area (Å²) in [4.78, 5) is 5.09. The molecule has 3 aromatic heterocycles. The van der Waals surface area contributed by atoms with Crippen LogP contribution in [0, 0.1) is 5.82 Å². The van der Waals surface area contributed by atoms with Crippen molar-refractivity contribution in [3.05, 3.63) is 42.0 Å². The first-order valence-electron chi connectivity index (χ1n) is 7.74. The summed E-state index contributed by atoms with van der Waals surface area (Å²) >= 11 is 2.83. The predicted octanol–water partition coefficient (Wildman–Crippen LogP) is 3.86.